The number of fused-ring (bicyclic) bond motifs is 1. The maximum Gasteiger partial charge on any atom is 0.317 e. The Hall–Kier alpha value is -1.86. The van der Waals surface area contributed by atoms with Crippen molar-refractivity contribution >= 4 is 11.7 Å². The molecule has 7 nitrogen and oxygen atoms in total. The minimum absolute atomic E-state index is 0.0668. The molecule has 3 heterocycles. The van der Waals surface area contributed by atoms with Crippen LogP contribution in [0.1, 0.15) is 5.69 Å². The molecule has 2 aliphatic heterocycles. The van der Waals surface area contributed by atoms with Crippen molar-refractivity contribution in [3.63, 3.8) is 0 Å². The van der Waals surface area contributed by atoms with Crippen LogP contribution >= 0.6 is 0 Å². The molecular formula is C12H18N6O. The molecule has 0 spiro atoms. The van der Waals surface area contributed by atoms with Gasteiger partial charge in [-0.15, -0.1) is 0 Å². The predicted molar refractivity (Wildman–Crippen MR) is 71.2 cm³/mol. The molecule has 3 rings (SSSR count). The van der Waals surface area contributed by atoms with Crippen LogP contribution < -0.4 is 16.6 Å². The number of amides is 2. The lowest BCUT2D eigenvalue weighted by molar-refractivity contribution is 0.116. The Balaban J connectivity index is 1.63. The van der Waals surface area contributed by atoms with E-state index in [9.17, 15) is 4.79 Å². The molecule has 0 radical (unpaired) electrons. The monoisotopic (exact) mass is 262 g/mol. The highest BCUT2D eigenvalue weighted by Crippen LogP contribution is 2.16. The SMILES string of the molecule is NNc1ccnc(CN2CCN3C(=O)NCC3C2)c1. The molecule has 2 amide bonds. The summed E-state index contributed by atoms with van der Waals surface area (Å²) in [5, 5.41) is 2.88. The van der Waals surface area contributed by atoms with Crippen molar-refractivity contribution in [1.82, 2.24) is 20.1 Å². The van der Waals surface area contributed by atoms with E-state index in [4.69, 9.17) is 5.84 Å². The van der Waals surface area contributed by atoms with Crippen LogP contribution in [-0.2, 0) is 6.54 Å². The first-order valence-electron chi connectivity index (χ1n) is 6.44. The minimum atomic E-state index is 0.0668. The van der Waals surface area contributed by atoms with Gasteiger partial charge >= 0.3 is 6.03 Å². The summed E-state index contributed by atoms with van der Waals surface area (Å²) in [5.74, 6) is 5.39. The lowest BCUT2D eigenvalue weighted by Gasteiger charge is -2.36. The molecule has 0 saturated carbocycles. The Labute approximate surface area is 111 Å². The highest BCUT2D eigenvalue weighted by atomic mass is 16.2. The van der Waals surface area contributed by atoms with Gasteiger partial charge in [0.15, 0.2) is 0 Å². The van der Waals surface area contributed by atoms with Crippen molar-refractivity contribution in [2.24, 2.45) is 5.84 Å². The average Bonchev–Trinajstić information content (AvgIpc) is 2.80. The summed E-state index contributed by atoms with van der Waals surface area (Å²) in [4.78, 5) is 20.1. The van der Waals surface area contributed by atoms with Gasteiger partial charge in [-0.05, 0) is 12.1 Å². The number of anilines is 1. The number of rotatable bonds is 3. The smallest absolute Gasteiger partial charge is 0.317 e. The molecule has 1 atom stereocenters. The number of nitrogens with one attached hydrogen (secondary N) is 2. The number of carbonyl (C=O) groups excluding carboxylic acids is 1. The highest BCUT2D eigenvalue weighted by Gasteiger charge is 2.35. The Morgan fingerprint density at radius 2 is 2.42 bits per heavy atom. The van der Waals surface area contributed by atoms with Gasteiger partial charge in [-0.3, -0.25) is 15.7 Å². The van der Waals surface area contributed by atoms with Crippen LogP contribution in [0.2, 0.25) is 0 Å². The second-order valence-corrected chi connectivity index (χ2v) is 4.95. The second kappa shape index (κ2) is 5.02. The highest BCUT2D eigenvalue weighted by molar-refractivity contribution is 5.77. The van der Waals surface area contributed by atoms with E-state index in [0.29, 0.717) is 0 Å². The summed E-state index contributed by atoms with van der Waals surface area (Å²) in [6, 6.07) is 4.14. The maximum absolute atomic E-state index is 11.5. The van der Waals surface area contributed by atoms with E-state index < -0.39 is 0 Å². The quantitative estimate of drug-likeness (QED) is 0.508. The van der Waals surface area contributed by atoms with Crippen molar-refractivity contribution < 1.29 is 4.79 Å². The number of hydrazine groups is 1. The lowest BCUT2D eigenvalue weighted by atomic mass is 10.2. The zero-order valence-corrected chi connectivity index (χ0v) is 10.7. The van der Waals surface area contributed by atoms with Gasteiger partial charge in [-0.25, -0.2) is 4.79 Å². The van der Waals surface area contributed by atoms with E-state index in [1.165, 1.54) is 0 Å². The van der Waals surface area contributed by atoms with Crippen molar-refractivity contribution in [2.75, 3.05) is 31.6 Å². The summed E-state index contributed by atoms with van der Waals surface area (Å²) in [5.41, 5.74) is 4.48. The molecule has 102 valence electrons. The molecule has 4 N–H and O–H groups in total. The van der Waals surface area contributed by atoms with Gasteiger partial charge in [-0.2, -0.15) is 0 Å². The third-order valence-corrected chi connectivity index (χ3v) is 3.69. The molecule has 0 aromatic carbocycles. The normalized spacial score (nSPS) is 23.1. The first kappa shape index (κ1) is 12.2. The zero-order valence-electron chi connectivity index (χ0n) is 10.7. The first-order valence-corrected chi connectivity index (χ1v) is 6.44. The van der Waals surface area contributed by atoms with Gasteiger partial charge in [0.1, 0.15) is 0 Å². The van der Waals surface area contributed by atoms with Crippen LogP contribution in [0.3, 0.4) is 0 Å². The lowest BCUT2D eigenvalue weighted by Crippen LogP contribution is -2.51. The van der Waals surface area contributed by atoms with Crippen molar-refractivity contribution in [2.45, 2.75) is 12.6 Å². The van der Waals surface area contributed by atoms with E-state index in [2.05, 4.69) is 20.6 Å². The number of hydrogen-bond acceptors (Lipinski definition) is 5. The van der Waals surface area contributed by atoms with E-state index in [-0.39, 0.29) is 12.1 Å². The van der Waals surface area contributed by atoms with Crippen LogP contribution in [0.25, 0.3) is 0 Å². The number of nitrogen functional groups attached to an aromatic ring is 1. The van der Waals surface area contributed by atoms with Gasteiger partial charge in [0.25, 0.3) is 0 Å². The zero-order chi connectivity index (χ0) is 13.2. The fourth-order valence-electron chi connectivity index (χ4n) is 2.70. The van der Waals surface area contributed by atoms with Gasteiger partial charge in [0, 0.05) is 38.9 Å². The Morgan fingerprint density at radius 3 is 3.26 bits per heavy atom. The van der Waals surface area contributed by atoms with Crippen molar-refractivity contribution in [3.8, 4) is 0 Å². The molecule has 2 aliphatic rings. The number of hydrogen-bond donors (Lipinski definition) is 3. The number of nitrogens with two attached hydrogens (primary N) is 1. The first-order chi connectivity index (χ1) is 9.26. The number of pyridine rings is 1. The summed E-state index contributed by atoms with van der Waals surface area (Å²) in [6.45, 7) is 4.08. The van der Waals surface area contributed by atoms with Gasteiger partial charge < -0.3 is 15.6 Å². The molecule has 0 bridgehead atoms. The third kappa shape index (κ3) is 2.47. The summed E-state index contributed by atoms with van der Waals surface area (Å²) in [6.07, 6.45) is 1.75. The topological polar surface area (TPSA) is 86.5 Å². The van der Waals surface area contributed by atoms with Crippen LogP contribution in [0.4, 0.5) is 10.5 Å². The Morgan fingerprint density at radius 1 is 1.53 bits per heavy atom. The van der Waals surface area contributed by atoms with Gasteiger partial charge in [0.05, 0.1) is 17.4 Å². The van der Waals surface area contributed by atoms with Crippen LogP contribution in [0, 0.1) is 0 Å². The number of nitrogens with zero attached hydrogens (tertiary/aromatic N) is 3. The standard InChI is InChI=1S/C12H18N6O/c13-16-9-1-2-14-10(5-9)7-17-3-4-18-11(8-17)6-15-12(18)19/h1-2,5,11H,3-4,6-8,13H2,(H,14,16)(H,15,19). The number of piperazine rings is 1. The van der Waals surface area contributed by atoms with E-state index >= 15 is 0 Å². The molecule has 1 aromatic rings. The summed E-state index contributed by atoms with van der Waals surface area (Å²) >= 11 is 0. The van der Waals surface area contributed by atoms with E-state index in [0.717, 1.165) is 44.1 Å². The molecule has 0 aliphatic carbocycles. The van der Waals surface area contributed by atoms with Gasteiger partial charge in [0.2, 0.25) is 0 Å². The van der Waals surface area contributed by atoms with Crippen molar-refractivity contribution in [1.29, 1.82) is 0 Å². The van der Waals surface area contributed by atoms with Crippen LogP contribution in [0.15, 0.2) is 18.3 Å². The fraction of sp³-hybridized carbons (Fsp3) is 0.500. The molecule has 2 fully saturated rings. The average molecular weight is 262 g/mol. The largest absolute Gasteiger partial charge is 0.336 e. The summed E-state index contributed by atoms with van der Waals surface area (Å²) in [7, 11) is 0. The molecule has 1 unspecified atom stereocenters. The molecule has 19 heavy (non-hydrogen) atoms. The van der Waals surface area contributed by atoms with E-state index in [1.54, 1.807) is 6.20 Å². The molecule has 7 heteroatoms. The van der Waals surface area contributed by atoms with Crippen LogP contribution in [-0.4, -0.2) is 53.0 Å². The molecule has 1 aromatic heterocycles. The maximum atomic E-state index is 11.5. The summed E-state index contributed by atoms with van der Waals surface area (Å²) < 4.78 is 0. The van der Waals surface area contributed by atoms with E-state index in [1.807, 2.05) is 17.0 Å². The number of urea groups is 1. The minimum Gasteiger partial charge on any atom is -0.336 e. The van der Waals surface area contributed by atoms with Crippen molar-refractivity contribution in [3.05, 3.63) is 24.0 Å². The molecule has 2 saturated heterocycles. The van der Waals surface area contributed by atoms with Gasteiger partial charge in [-0.1, -0.05) is 0 Å². The molecular weight excluding hydrogens is 244 g/mol. The predicted octanol–water partition coefficient (Wildman–Crippen LogP) is -0.423. The second-order valence-electron chi connectivity index (χ2n) is 4.95. The number of aromatic nitrogens is 1. The van der Waals surface area contributed by atoms with Crippen LogP contribution in [0.5, 0.6) is 0 Å². The Bertz CT molecular complexity index is 479. The Kier molecular flexibility index (Phi) is 3.22. The fourth-order valence-corrected chi connectivity index (χ4v) is 2.70. The number of carbonyl (C=O) groups is 1. The third-order valence-electron chi connectivity index (χ3n) is 3.69.